The zero-order chi connectivity index (χ0) is 16.1. The van der Waals surface area contributed by atoms with Gasteiger partial charge in [-0.2, -0.15) is 5.10 Å². The molecule has 2 rings (SSSR count). The van der Waals surface area contributed by atoms with Crippen molar-refractivity contribution in [1.29, 1.82) is 0 Å². The van der Waals surface area contributed by atoms with Gasteiger partial charge in [0.15, 0.2) is 5.82 Å². The van der Waals surface area contributed by atoms with Crippen molar-refractivity contribution >= 4 is 12.0 Å². The van der Waals surface area contributed by atoms with E-state index in [2.05, 4.69) is 15.1 Å². The first-order valence-electron chi connectivity index (χ1n) is 6.89. The maximum atomic E-state index is 12.0. The molecule has 7 nitrogen and oxygen atoms in total. The van der Waals surface area contributed by atoms with Crippen LogP contribution in [-0.2, 0) is 11.8 Å². The first kappa shape index (κ1) is 15.7. The second kappa shape index (κ2) is 6.84. The predicted octanol–water partition coefficient (Wildman–Crippen LogP) is 1.59. The molecule has 2 heterocycles. The van der Waals surface area contributed by atoms with Crippen molar-refractivity contribution in [3.8, 4) is 11.4 Å². The Balaban J connectivity index is 2.45. The van der Waals surface area contributed by atoms with Crippen LogP contribution in [0.4, 0.5) is 0 Å². The number of aromatic nitrogens is 4. The third-order valence-corrected chi connectivity index (χ3v) is 2.81. The minimum Gasteiger partial charge on any atom is -0.462 e. The lowest BCUT2D eigenvalue weighted by atomic mass is 10.2. The van der Waals surface area contributed by atoms with Crippen LogP contribution in [0.25, 0.3) is 17.5 Å². The number of carbonyl (C=O) groups is 1. The molecule has 0 atom stereocenters. The van der Waals surface area contributed by atoms with Crippen LogP contribution in [0.2, 0.25) is 0 Å². The zero-order valence-electron chi connectivity index (χ0n) is 13.1. The van der Waals surface area contributed by atoms with Crippen LogP contribution >= 0.6 is 0 Å². The van der Waals surface area contributed by atoms with Crippen LogP contribution in [0, 0.1) is 0 Å². The molecule has 0 aromatic carbocycles. The number of hydrogen-bond acceptors (Lipinski definition) is 6. The lowest BCUT2D eigenvalue weighted by molar-refractivity contribution is 0.0525. The van der Waals surface area contributed by atoms with Crippen molar-refractivity contribution in [2.45, 2.75) is 6.92 Å². The lowest BCUT2D eigenvalue weighted by Crippen LogP contribution is -2.10. The van der Waals surface area contributed by atoms with Crippen LogP contribution in [0.15, 0.2) is 24.8 Å². The Bertz CT molecular complexity index is 691. The second-order valence-corrected chi connectivity index (χ2v) is 4.90. The van der Waals surface area contributed by atoms with E-state index in [1.165, 1.54) is 6.20 Å². The number of nitrogens with zero attached hydrogens (tertiary/aromatic N) is 5. The molecule has 0 radical (unpaired) electrons. The topological polar surface area (TPSA) is 73.1 Å². The van der Waals surface area contributed by atoms with Gasteiger partial charge in [0, 0.05) is 39.7 Å². The maximum absolute atomic E-state index is 12.0. The molecule has 7 heteroatoms. The van der Waals surface area contributed by atoms with Crippen molar-refractivity contribution < 1.29 is 9.53 Å². The predicted molar refractivity (Wildman–Crippen MR) is 82.9 cm³/mol. The van der Waals surface area contributed by atoms with Crippen LogP contribution in [0.3, 0.4) is 0 Å². The highest BCUT2D eigenvalue weighted by atomic mass is 16.5. The van der Waals surface area contributed by atoms with Crippen molar-refractivity contribution in [1.82, 2.24) is 24.6 Å². The molecule has 0 aliphatic rings. The number of esters is 1. The van der Waals surface area contributed by atoms with Gasteiger partial charge in [0.1, 0.15) is 5.56 Å². The fraction of sp³-hybridized carbons (Fsp3) is 0.333. The molecule has 0 aliphatic heterocycles. The van der Waals surface area contributed by atoms with Gasteiger partial charge in [-0.05, 0) is 13.0 Å². The maximum Gasteiger partial charge on any atom is 0.341 e. The Morgan fingerprint density at radius 1 is 1.41 bits per heavy atom. The van der Waals surface area contributed by atoms with Crippen LogP contribution in [-0.4, -0.2) is 51.3 Å². The van der Waals surface area contributed by atoms with Crippen molar-refractivity contribution in [2.75, 3.05) is 20.7 Å². The highest BCUT2D eigenvalue weighted by Gasteiger charge is 2.15. The van der Waals surface area contributed by atoms with Crippen LogP contribution in [0.1, 0.15) is 23.0 Å². The highest BCUT2D eigenvalue weighted by molar-refractivity contribution is 5.92. The summed E-state index contributed by atoms with van der Waals surface area (Å²) in [4.78, 5) is 22.6. The fourth-order valence-electron chi connectivity index (χ4n) is 1.78. The van der Waals surface area contributed by atoms with Gasteiger partial charge in [-0.1, -0.05) is 0 Å². The molecule has 0 amide bonds. The molecule has 0 saturated heterocycles. The molecule has 2 aromatic heterocycles. The van der Waals surface area contributed by atoms with Gasteiger partial charge >= 0.3 is 5.97 Å². The number of rotatable bonds is 5. The molecule has 0 N–H and O–H groups in total. The van der Waals surface area contributed by atoms with E-state index >= 15 is 0 Å². The van der Waals surface area contributed by atoms with Crippen LogP contribution in [0.5, 0.6) is 0 Å². The summed E-state index contributed by atoms with van der Waals surface area (Å²) in [6.45, 7) is 2.07. The summed E-state index contributed by atoms with van der Waals surface area (Å²) < 4.78 is 6.72. The van der Waals surface area contributed by atoms with Crippen molar-refractivity contribution in [3.63, 3.8) is 0 Å². The number of carbonyl (C=O) groups excluding carboxylic acids is 1. The lowest BCUT2D eigenvalue weighted by Gasteiger charge is -2.08. The molecule has 0 spiro atoms. The minimum atomic E-state index is -0.432. The van der Waals surface area contributed by atoms with Gasteiger partial charge in [-0.3, -0.25) is 4.68 Å². The van der Waals surface area contributed by atoms with Crippen LogP contribution < -0.4 is 0 Å². The molecule has 0 fully saturated rings. The molecule has 0 aliphatic carbocycles. The summed E-state index contributed by atoms with van der Waals surface area (Å²) in [6, 6.07) is 0. The fourth-order valence-corrected chi connectivity index (χ4v) is 1.78. The van der Waals surface area contributed by atoms with Gasteiger partial charge in [0.2, 0.25) is 0 Å². The summed E-state index contributed by atoms with van der Waals surface area (Å²) in [5.41, 5.74) is 1.64. The molecular formula is C15H19N5O2. The Morgan fingerprint density at radius 2 is 2.18 bits per heavy atom. The third-order valence-electron chi connectivity index (χ3n) is 2.81. The molecule has 2 aromatic rings. The Morgan fingerprint density at radius 3 is 2.77 bits per heavy atom. The van der Waals surface area contributed by atoms with E-state index in [4.69, 9.17) is 4.74 Å². The average molecular weight is 301 g/mol. The van der Waals surface area contributed by atoms with E-state index < -0.39 is 5.97 Å². The van der Waals surface area contributed by atoms with Crippen molar-refractivity contribution in [2.24, 2.45) is 7.05 Å². The zero-order valence-corrected chi connectivity index (χ0v) is 13.1. The molecular weight excluding hydrogens is 282 g/mol. The van der Waals surface area contributed by atoms with E-state index in [-0.39, 0.29) is 0 Å². The summed E-state index contributed by atoms with van der Waals surface area (Å²) in [7, 11) is 5.61. The Hall–Kier alpha value is -2.70. The summed E-state index contributed by atoms with van der Waals surface area (Å²) in [5.74, 6) is 0.0817. The van der Waals surface area contributed by atoms with Gasteiger partial charge in [-0.25, -0.2) is 14.8 Å². The van der Waals surface area contributed by atoms with Crippen molar-refractivity contribution in [3.05, 3.63) is 36.0 Å². The largest absolute Gasteiger partial charge is 0.462 e. The van der Waals surface area contributed by atoms with Gasteiger partial charge in [-0.15, -0.1) is 0 Å². The molecule has 22 heavy (non-hydrogen) atoms. The monoisotopic (exact) mass is 301 g/mol. The van der Waals surface area contributed by atoms with Gasteiger partial charge in [0.25, 0.3) is 0 Å². The third kappa shape index (κ3) is 3.69. The Labute approximate surface area is 129 Å². The van der Waals surface area contributed by atoms with E-state index in [9.17, 15) is 4.79 Å². The van der Waals surface area contributed by atoms with E-state index in [1.54, 1.807) is 23.9 Å². The normalized spacial score (nSPS) is 10.9. The Kier molecular flexibility index (Phi) is 4.88. The smallest absolute Gasteiger partial charge is 0.341 e. The van der Waals surface area contributed by atoms with Gasteiger partial charge < -0.3 is 9.64 Å². The summed E-state index contributed by atoms with van der Waals surface area (Å²) in [5, 5.41) is 4.10. The first-order chi connectivity index (χ1) is 10.5. The molecule has 116 valence electrons. The minimum absolute atomic E-state index is 0.306. The van der Waals surface area contributed by atoms with E-state index in [1.807, 2.05) is 38.4 Å². The molecule has 0 unspecified atom stereocenters. The molecule has 0 saturated carbocycles. The number of ether oxygens (including phenoxy) is 1. The second-order valence-electron chi connectivity index (χ2n) is 4.90. The van der Waals surface area contributed by atoms with E-state index in [0.717, 1.165) is 5.56 Å². The average Bonchev–Trinajstić information content (AvgIpc) is 2.91. The summed E-state index contributed by atoms with van der Waals surface area (Å²) >= 11 is 0. The SMILES string of the molecule is CCOC(=O)c1cnc(-c2cnn(C)c2)nc1C=CN(C)C. The number of hydrogen-bond donors (Lipinski definition) is 0. The van der Waals surface area contributed by atoms with Gasteiger partial charge in [0.05, 0.1) is 24.1 Å². The quantitative estimate of drug-likeness (QED) is 0.781. The number of aryl methyl sites for hydroxylation is 1. The molecule has 0 bridgehead atoms. The van der Waals surface area contributed by atoms with E-state index in [0.29, 0.717) is 23.7 Å². The standard InChI is InChI=1S/C15H19N5O2/c1-5-22-15(21)12-9-16-14(11-8-17-20(4)10-11)18-13(12)6-7-19(2)3/h6-10H,5H2,1-4H3. The highest BCUT2D eigenvalue weighted by Crippen LogP contribution is 2.17. The summed E-state index contributed by atoms with van der Waals surface area (Å²) in [6.07, 6.45) is 8.56. The first-order valence-corrected chi connectivity index (χ1v) is 6.89.